The highest BCUT2D eigenvalue weighted by molar-refractivity contribution is 7.98. The Labute approximate surface area is 114 Å². The molecule has 0 aromatic heterocycles. The Hall–Kier alpha value is -1.41. The summed E-state index contributed by atoms with van der Waals surface area (Å²) >= 11 is 1.77. The number of thioether (sulfide) groups is 1. The van der Waals surface area contributed by atoms with Crippen LogP contribution in [0.4, 0.5) is 5.69 Å². The Kier molecular flexibility index (Phi) is 4.71. The molecular formula is C16H19NS. The first-order chi connectivity index (χ1) is 8.79. The minimum absolute atomic E-state index is 0.518. The summed E-state index contributed by atoms with van der Waals surface area (Å²) in [5.74, 6) is 0.518. The van der Waals surface area contributed by atoms with Gasteiger partial charge in [0.1, 0.15) is 0 Å². The van der Waals surface area contributed by atoms with Crippen molar-refractivity contribution in [1.29, 1.82) is 0 Å². The molecule has 2 aromatic carbocycles. The Morgan fingerprint density at radius 1 is 1.06 bits per heavy atom. The highest BCUT2D eigenvalue weighted by Gasteiger charge is 2.04. The lowest BCUT2D eigenvalue weighted by Crippen LogP contribution is -2.09. The van der Waals surface area contributed by atoms with Crippen molar-refractivity contribution in [3.8, 4) is 0 Å². The molecule has 1 atom stereocenters. The molecule has 0 aliphatic rings. The van der Waals surface area contributed by atoms with Crippen molar-refractivity contribution in [2.75, 3.05) is 18.1 Å². The van der Waals surface area contributed by atoms with E-state index in [2.05, 4.69) is 73.1 Å². The van der Waals surface area contributed by atoms with Crippen LogP contribution in [-0.4, -0.2) is 12.8 Å². The van der Waals surface area contributed by atoms with Crippen LogP contribution in [0.3, 0.4) is 0 Å². The van der Waals surface area contributed by atoms with Gasteiger partial charge in [0.15, 0.2) is 0 Å². The minimum atomic E-state index is 0.518. The fraction of sp³-hybridized carbons (Fsp3) is 0.250. The maximum Gasteiger partial charge on any atom is 0.0351 e. The second kappa shape index (κ2) is 6.50. The first-order valence-corrected chi connectivity index (χ1v) is 7.45. The fourth-order valence-electron chi connectivity index (χ4n) is 1.90. The molecule has 0 saturated heterocycles. The molecule has 94 valence electrons. The summed E-state index contributed by atoms with van der Waals surface area (Å²) in [6.45, 7) is 3.21. The minimum Gasteiger partial charge on any atom is -0.384 e. The molecule has 0 aliphatic heterocycles. The quantitative estimate of drug-likeness (QED) is 0.784. The van der Waals surface area contributed by atoms with Crippen molar-refractivity contribution in [1.82, 2.24) is 0 Å². The van der Waals surface area contributed by atoms with E-state index in [-0.39, 0.29) is 0 Å². The van der Waals surface area contributed by atoms with Crippen molar-refractivity contribution in [3.63, 3.8) is 0 Å². The zero-order chi connectivity index (χ0) is 12.8. The van der Waals surface area contributed by atoms with Gasteiger partial charge >= 0.3 is 0 Å². The van der Waals surface area contributed by atoms with Crippen LogP contribution in [0.2, 0.25) is 0 Å². The first kappa shape index (κ1) is 13.0. The molecule has 18 heavy (non-hydrogen) atoms. The lowest BCUT2D eigenvalue weighted by Gasteiger charge is -2.14. The lowest BCUT2D eigenvalue weighted by atomic mass is 10.0. The van der Waals surface area contributed by atoms with E-state index in [9.17, 15) is 0 Å². The molecule has 0 heterocycles. The zero-order valence-electron chi connectivity index (χ0n) is 10.9. The van der Waals surface area contributed by atoms with Gasteiger partial charge in [-0.2, -0.15) is 0 Å². The van der Waals surface area contributed by atoms with Crippen LogP contribution in [0, 0.1) is 0 Å². The maximum atomic E-state index is 3.50. The van der Waals surface area contributed by atoms with Crippen molar-refractivity contribution in [2.45, 2.75) is 17.7 Å². The topological polar surface area (TPSA) is 12.0 Å². The molecule has 2 rings (SSSR count). The number of hydrogen-bond donors (Lipinski definition) is 1. The third kappa shape index (κ3) is 3.54. The van der Waals surface area contributed by atoms with E-state index in [0.717, 1.165) is 6.54 Å². The van der Waals surface area contributed by atoms with Crippen LogP contribution in [-0.2, 0) is 0 Å². The fourth-order valence-corrected chi connectivity index (χ4v) is 2.36. The van der Waals surface area contributed by atoms with Crippen LogP contribution < -0.4 is 5.32 Å². The molecule has 0 radical (unpaired) electrons. The lowest BCUT2D eigenvalue weighted by molar-refractivity contribution is 0.805. The molecule has 0 saturated carbocycles. The van der Waals surface area contributed by atoms with Crippen molar-refractivity contribution < 1.29 is 0 Å². The highest BCUT2D eigenvalue weighted by atomic mass is 32.2. The van der Waals surface area contributed by atoms with E-state index < -0.39 is 0 Å². The van der Waals surface area contributed by atoms with Crippen LogP contribution >= 0.6 is 11.8 Å². The van der Waals surface area contributed by atoms with E-state index in [0.29, 0.717) is 5.92 Å². The van der Waals surface area contributed by atoms with Gasteiger partial charge in [0.25, 0.3) is 0 Å². The van der Waals surface area contributed by atoms with Gasteiger partial charge in [0.2, 0.25) is 0 Å². The van der Waals surface area contributed by atoms with Crippen LogP contribution in [0.15, 0.2) is 59.5 Å². The summed E-state index contributed by atoms with van der Waals surface area (Å²) in [6, 6.07) is 19.2. The Bertz CT molecular complexity index is 481. The van der Waals surface area contributed by atoms with Gasteiger partial charge in [-0.05, 0) is 35.9 Å². The average molecular weight is 257 g/mol. The van der Waals surface area contributed by atoms with Crippen LogP contribution in [0.5, 0.6) is 0 Å². The molecule has 1 nitrogen and oxygen atoms in total. The average Bonchev–Trinajstić information content (AvgIpc) is 2.46. The predicted octanol–water partition coefficient (Wildman–Crippen LogP) is 4.62. The molecule has 2 heteroatoms. The Morgan fingerprint density at radius 2 is 1.83 bits per heavy atom. The third-order valence-corrected chi connectivity index (χ3v) is 3.78. The zero-order valence-corrected chi connectivity index (χ0v) is 11.7. The summed E-state index contributed by atoms with van der Waals surface area (Å²) in [6.07, 6.45) is 2.10. The smallest absolute Gasteiger partial charge is 0.0351 e. The van der Waals surface area contributed by atoms with Crippen molar-refractivity contribution >= 4 is 17.4 Å². The largest absolute Gasteiger partial charge is 0.384 e. The standard InChI is InChI=1S/C16H19NS/c1-13(14-7-4-3-5-8-14)12-17-15-9-6-10-16(11-15)18-2/h3-11,13,17H,12H2,1-2H3. The van der Waals surface area contributed by atoms with E-state index in [1.54, 1.807) is 11.8 Å². The molecule has 2 aromatic rings. The summed E-state index contributed by atoms with van der Waals surface area (Å²) in [4.78, 5) is 1.30. The van der Waals surface area contributed by atoms with E-state index in [1.165, 1.54) is 16.1 Å². The van der Waals surface area contributed by atoms with Gasteiger partial charge in [-0.25, -0.2) is 0 Å². The van der Waals surface area contributed by atoms with E-state index >= 15 is 0 Å². The van der Waals surface area contributed by atoms with Gasteiger partial charge in [-0.1, -0.05) is 43.3 Å². The number of benzene rings is 2. The first-order valence-electron chi connectivity index (χ1n) is 6.22. The Morgan fingerprint density at radius 3 is 2.56 bits per heavy atom. The summed E-state index contributed by atoms with van der Waals surface area (Å²) < 4.78 is 0. The third-order valence-electron chi connectivity index (χ3n) is 3.05. The highest BCUT2D eigenvalue weighted by Crippen LogP contribution is 2.20. The van der Waals surface area contributed by atoms with Gasteiger partial charge in [0.05, 0.1) is 0 Å². The molecule has 0 amide bonds. The van der Waals surface area contributed by atoms with Crippen molar-refractivity contribution in [2.24, 2.45) is 0 Å². The maximum absolute atomic E-state index is 3.50. The molecule has 1 N–H and O–H groups in total. The van der Waals surface area contributed by atoms with Gasteiger partial charge in [0, 0.05) is 17.1 Å². The Balaban J connectivity index is 1.95. The number of rotatable bonds is 5. The van der Waals surface area contributed by atoms with E-state index in [1.807, 2.05) is 0 Å². The second-order valence-electron chi connectivity index (χ2n) is 4.42. The van der Waals surface area contributed by atoms with E-state index in [4.69, 9.17) is 0 Å². The summed E-state index contributed by atoms with van der Waals surface area (Å²) in [5.41, 5.74) is 2.58. The number of hydrogen-bond acceptors (Lipinski definition) is 2. The number of anilines is 1. The monoisotopic (exact) mass is 257 g/mol. The van der Waals surface area contributed by atoms with Crippen LogP contribution in [0.1, 0.15) is 18.4 Å². The van der Waals surface area contributed by atoms with Gasteiger partial charge in [-0.15, -0.1) is 11.8 Å². The van der Waals surface area contributed by atoms with Crippen molar-refractivity contribution in [3.05, 3.63) is 60.2 Å². The molecule has 0 bridgehead atoms. The van der Waals surface area contributed by atoms with Crippen LogP contribution in [0.25, 0.3) is 0 Å². The molecule has 1 unspecified atom stereocenters. The molecule has 0 fully saturated rings. The molecule has 0 aliphatic carbocycles. The summed E-state index contributed by atoms with van der Waals surface area (Å²) in [5, 5.41) is 3.50. The SMILES string of the molecule is CSc1cccc(NCC(C)c2ccccc2)c1. The normalized spacial score (nSPS) is 12.1. The number of nitrogens with one attached hydrogen (secondary N) is 1. The predicted molar refractivity (Wildman–Crippen MR) is 81.6 cm³/mol. The summed E-state index contributed by atoms with van der Waals surface area (Å²) in [7, 11) is 0. The van der Waals surface area contributed by atoms with Gasteiger partial charge < -0.3 is 5.32 Å². The second-order valence-corrected chi connectivity index (χ2v) is 5.30. The molecular weight excluding hydrogens is 238 g/mol. The molecule has 0 spiro atoms. The van der Waals surface area contributed by atoms with Gasteiger partial charge in [-0.3, -0.25) is 0 Å².